The van der Waals surface area contributed by atoms with Gasteiger partial charge in [0.2, 0.25) is 5.91 Å². The summed E-state index contributed by atoms with van der Waals surface area (Å²) < 4.78 is 25.4. The van der Waals surface area contributed by atoms with Crippen LogP contribution in [0.2, 0.25) is 0 Å². The number of carbonyl (C=O) groups excluding carboxylic acids is 1. The van der Waals surface area contributed by atoms with Crippen molar-refractivity contribution in [2.24, 2.45) is 0 Å². The van der Waals surface area contributed by atoms with Crippen LogP contribution in [0.3, 0.4) is 0 Å². The fourth-order valence-corrected chi connectivity index (χ4v) is 3.40. The van der Waals surface area contributed by atoms with Gasteiger partial charge in [0.1, 0.15) is 11.1 Å². The number of hydrogen-bond acceptors (Lipinski definition) is 2. The Hall–Kier alpha value is -2.01. The predicted octanol–water partition coefficient (Wildman–Crippen LogP) is 3.52. The zero-order chi connectivity index (χ0) is 16.8. The van der Waals surface area contributed by atoms with E-state index < -0.39 is 16.0 Å². The van der Waals surface area contributed by atoms with Crippen LogP contribution in [0.5, 0.6) is 0 Å². The SMILES string of the molecule is CCN(C(=O)[C@H](C)[S@](=O)Cc1ccc(F)cc1)c1ccccc1. The van der Waals surface area contributed by atoms with Gasteiger partial charge in [-0.3, -0.25) is 9.00 Å². The van der Waals surface area contributed by atoms with E-state index in [-0.39, 0.29) is 17.5 Å². The van der Waals surface area contributed by atoms with Gasteiger partial charge in [-0.25, -0.2) is 4.39 Å². The first kappa shape index (κ1) is 17.3. The van der Waals surface area contributed by atoms with Crippen LogP contribution >= 0.6 is 0 Å². The Labute approximate surface area is 138 Å². The molecule has 0 saturated heterocycles. The molecule has 0 bridgehead atoms. The molecule has 0 saturated carbocycles. The summed E-state index contributed by atoms with van der Waals surface area (Å²) in [6.45, 7) is 4.08. The van der Waals surface area contributed by atoms with E-state index in [4.69, 9.17) is 0 Å². The summed E-state index contributed by atoms with van der Waals surface area (Å²) in [5.74, 6) is -0.261. The first-order valence-electron chi connectivity index (χ1n) is 7.51. The van der Waals surface area contributed by atoms with Crippen LogP contribution in [0.25, 0.3) is 0 Å². The Morgan fingerprint density at radius 3 is 2.30 bits per heavy atom. The van der Waals surface area contributed by atoms with Gasteiger partial charge in [-0.1, -0.05) is 30.3 Å². The summed E-state index contributed by atoms with van der Waals surface area (Å²) in [6.07, 6.45) is 0. The monoisotopic (exact) mass is 333 g/mol. The zero-order valence-electron chi connectivity index (χ0n) is 13.2. The molecule has 0 spiro atoms. The molecule has 0 fully saturated rings. The van der Waals surface area contributed by atoms with E-state index in [1.165, 1.54) is 12.1 Å². The van der Waals surface area contributed by atoms with Crippen LogP contribution in [-0.4, -0.2) is 21.9 Å². The summed E-state index contributed by atoms with van der Waals surface area (Å²) in [6, 6.07) is 15.2. The number of hydrogen-bond donors (Lipinski definition) is 0. The highest BCUT2D eigenvalue weighted by molar-refractivity contribution is 7.85. The van der Waals surface area contributed by atoms with Crippen LogP contribution in [0.15, 0.2) is 54.6 Å². The molecule has 0 radical (unpaired) electrons. The molecule has 2 aromatic carbocycles. The molecule has 122 valence electrons. The van der Waals surface area contributed by atoms with E-state index in [2.05, 4.69) is 0 Å². The Balaban J connectivity index is 2.08. The maximum atomic E-state index is 12.9. The van der Waals surface area contributed by atoms with E-state index in [1.54, 1.807) is 24.0 Å². The van der Waals surface area contributed by atoms with Gasteiger partial charge in [-0.05, 0) is 43.7 Å². The van der Waals surface area contributed by atoms with Crippen molar-refractivity contribution in [2.75, 3.05) is 11.4 Å². The topological polar surface area (TPSA) is 37.4 Å². The molecular weight excluding hydrogens is 313 g/mol. The average Bonchev–Trinajstić information content (AvgIpc) is 2.57. The Morgan fingerprint density at radius 2 is 1.74 bits per heavy atom. The number of nitrogens with zero attached hydrogens (tertiary/aromatic N) is 1. The normalized spacial score (nSPS) is 13.3. The second-order valence-corrected chi connectivity index (χ2v) is 6.97. The third-order valence-corrected chi connectivity index (χ3v) is 5.22. The van der Waals surface area contributed by atoms with Gasteiger partial charge in [-0.15, -0.1) is 0 Å². The minimum absolute atomic E-state index is 0.167. The molecular formula is C18H20FNO2S. The van der Waals surface area contributed by atoms with Crippen molar-refractivity contribution in [3.63, 3.8) is 0 Å². The smallest absolute Gasteiger partial charge is 0.242 e. The molecule has 1 amide bonds. The van der Waals surface area contributed by atoms with Gasteiger partial charge in [0, 0.05) is 28.8 Å². The molecule has 0 heterocycles. The van der Waals surface area contributed by atoms with Crippen LogP contribution in [-0.2, 0) is 21.3 Å². The Morgan fingerprint density at radius 1 is 1.13 bits per heavy atom. The van der Waals surface area contributed by atoms with Crippen molar-refractivity contribution < 1.29 is 13.4 Å². The minimum atomic E-state index is -1.36. The van der Waals surface area contributed by atoms with Crippen molar-refractivity contribution in [2.45, 2.75) is 24.9 Å². The Kier molecular flexibility index (Phi) is 6.04. The van der Waals surface area contributed by atoms with Crippen LogP contribution in [0.1, 0.15) is 19.4 Å². The summed E-state index contributed by atoms with van der Waals surface area (Å²) in [7, 11) is -1.36. The van der Waals surface area contributed by atoms with E-state index in [0.29, 0.717) is 6.54 Å². The lowest BCUT2D eigenvalue weighted by molar-refractivity contribution is -0.117. The summed E-state index contributed by atoms with van der Waals surface area (Å²) in [5, 5.41) is -0.625. The third-order valence-electron chi connectivity index (χ3n) is 3.61. The van der Waals surface area contributed by atoms with Gasteiger partial charge < -0.3 is 4.90 Å². The van der Waals surface area contributed by atoms with Gasteiger partial charge in [0.25, 0.3) is 0 Å². The van der Waals surface area contributed by atoms with Crippen molar-refractivity contribution in [1.82, 2.24) is 0 Å². The molecule has 0 aliphatic heterocycles. The molecule has 0 aliphatic carbocycles. The lowest BCUT2D eigenvalue weighted by Crippen LogP contribution is -2.40. The molecule has 0 aliphatic rings. The molecule has 3 nitrogen and oxygen atoms in total. The number of amides is 1. The van der Waals surface area contributed by atoms with Crippen molar-refractivity contribution in [1.29, 1.82) is 0 Å². The van der Waals surface area contributed by atoms with Crippen molar-refractivity contribution >= 4 is 22.4 Å². The van der Waals surface area contributed by atoms with Crippen LogP contribution in [0, 0.1) is 5.82 Å². The highest BCUT2D eigenvalue weighted by atomic mass is 32.2. The van der Waals surface area contributed by atoms with Crippen LogP contribution in [0.4, 0.5) is 10.1 Å². The van der Waals surface area contributed by atoms with E-state index >= 15 is 0 Å². The second-order valence-electron chi connectivity index (χ2n) is 5.21. The molecule has 2 aromatic rings. The fraction of sp³-hybridized carbons (Fsp3) is 0.278. The highest BCUT2D eigenvalue weighted by Gasteiger charge is 2.25. The van der Waals surface area contributed by atoms with Gasteiger partial charge >= 0.3 is 0 Å². The first-order chi connectivity index (χ1) is 11.0. The summed E-state index contributed by atoms with van der Waals surface area (Å²) in [4.78, 5) is 14.3. The van der Waals surface area contributed by atoms with E-state index in [1.807, 2.05) is 37.3 Å². The number of anilines is 1. The van der Waals surface area contributed by atoms with E-state index in [0.717, 1.165) is 11.3 Å². The fourth-order valence-electron chi connectivity index (χ4n) is 2.28. The average molecular weight is 333 g/mol. The quantitative estimate of drug-likeness (QED) is 0.811. The van der Waals surface area contributed by atoms with Gasteiger partial charge in [0.05, 0.1) is 0 Å². The van der Waals surface area contributed by atoms with Crippen molar-refractivity contribution in [3.8, 4) is 0 Å². The summed E-state index contributed by atoms with van der Waals surface area (Å²) >= 11 is 0. The predicted molar refractivity (Wildman–Crippen MR) is 92.2 cm³/mol. The lowest BCUT2D eigenvalue weighted by Gasteiger charge is -2.24. The van der Waals surface area contributed by atoms with Crippen LogP contribution < -0.4 is 4.90 Å². The number of para-hydroxylation sites is 1. The lowest BCUT2D eigenvalue weighted by atomic mass is 10.2. The molecule has 5 heteroatoms. The second kappa shape index (κ2) is 8.02. The zero-order valence-corrected chi connectivity index (χ0v) is 14.1. The maximum absolute atomic E-state index is 12.9. The number of rotatable bonds is 6. The minimum Gasteiger partial charge on any atom is -0.312 e. The molecule has 23 heavy (non-hydrogen) atoms. The standard InChI is InChI=1S/C18H20FNO2S/c1-3-20(17-7-5-4-6-8-17)18(21)14(2)23(22)13-15-9-11-16(19)12-10-15/h4-12,14H,3,13H2,1-2H3/t14-,23+/m0/s1. The van der Waals surface area contributed by atoms with E-state index in [9.17, 15) is 13.4 Å². The first-order valence-corrected chi connectivity index (χ1v) is 8.89. The molecule has 2 atom stereocenters. The Bertz CT molecular complexity index is 673. The summed E-state index contributed by atoms with van der Waals surface area (Å²) in [5.41, 5.74) is 1.55. The number of benzene rings is 2. The number of carbonyl (C=O) groups is 1. The molecule has 0 aromatic heterocycles. The van der Waals surface area contributed by atoms with Gasteiger partial charge in [-0.2, -0.15) is 0 Å². The number of halogens is 1. The maximum Gasteiger partial charge on any atom is 0.242 e. The largest absolute Gasteiger partial charge is 0.312 e. The van der Waals surface area contributed by atoms with Crippen molar-refractivity contribution in [3.05, 3.63) is 66.0 Å². The third kappa shape index (κ3) is 4.48. The molecule has 0 unspecified atom stereocenters. The van der Waals surface area contributed by atoms with Gasteiger partial charge in [0.15, 0.2) is 0 Å². The molecule has 0 N–H and O–H groups in total. The highest BCUT2D eigenvalue weighted by Crippen LogP contribution is 2.17. The molecule has 2 rings (SSSR count).